The second-order valence-corrected chi connectivity index (χ2v) is 8.11. The number of benzene rings is 1. The summed E-state index contributed by atoms with van der Waals surface area (Å²) in [6, 6.07) is 4.90. The van der Waals surface area contributed by atoms with Gasteiger partial charge in [0, 0.05) is 38.3 Å². The van der Waals surface area contributed by atoms with E-state index < -0.39 is 10.0 Å². The molecule has 0 radical (unpaired) electrons. The fourth-order valence-electron chi connectivity index (χ4n) is 3.16. The Bertz CT molecular complexity index is 713. The molecule has 1 saturated heterocycles. The quantitative estimate of drug-likeness (QED) is 0.853. The van der Waals surface area contributed by atoms with Crippen LogP contribution in [0.1, 0.15) is 19.4 Å². The van der Waals surface area contributed by atoms with Gasteiger partial charge in [0.15, 0.2) is 0 Å². The van der Waals surface area contributed by atoms with Gasteiger partial charge in [0.05, 0.1) is 4.90 Å². The Hall–Kier alpha value is -1.15. The Balaban J connectivity index is 0.00000192. The van der Waals surface area contributed by atoms with E-state index in [-0.39, 0.29) is 35.2 Å². The lowest BCUT2D eigenvalue weighted by Gasteiger charge is -2.18. The molecule has 2 unspecified atom stereocenters. The van der Waals surface area contributed by atoms with E-state index in [1.807, 2.05) is 6.92 Å². The maximum atomic E-state index is 12.7. The van der Waals surface area contributed by atoms with Crippen molar-refractivity contribution in [2.24, 2.45) is 11.7 Å². The van der Waals surface area contributed by atoms with Crippen LogP contribution in [-0.4, -0.2) is 44.3 Å². The van der Waals surface area contributed by atoms with Gasteiger partial charge in [0.25, 0.3) is 0 Å². The average molecular weight is 360 g/mol. The van der Waals surface area contributed by atoms with E-state index in [4.69, 9.17) is 5.73 Å². The number of carbonyl (C=O) groups excluding carboxylic acids is 1. The van der Waals surface area contributed by atoms with Crippen LogP contribution in [-0.2, 0) is 21.2 Å². The number of hydrogen-bond donors (Lipinski definition) is 1. The van der Waals surface area contributed by atoms with Gasteiger partial charge in [-0.3, -0.25) is 4.79 Å². The number of carbonyl (C=O) groups is 1. The number of amides is 1. The molecule has 2 heterocycles. The van der Waals surface area contributed by atoms with Crippen LogP contribution in [0.2, 0.25) is 0 Å². The summed E-state index contributed by atoms with van der Waals surface area (Å²) in [6.45, 7) is 4.92. The van der Waals surface area contributed by atoms with Crippen molar-refractivity contribution in [3.05, 3.63) is 23.8 Å². The zero-order valence-corrected chi connectivity index (χ0v) is 14.9. The molecule has 2 aliphatic rings. The lowest BCUT2D eigenvalue weighted by atomic mass is 10.1. The van der Waals surface area contributed by atoms with Gasteiger partial charge in [0.1, 0.15) is 0 Å². The molecule has 0 aliphatic carbocycles. The van der Waals surface area contributed by atoms with E-state index in [9.17, 15) is 13.2 Å². The topological polar surface area (TPSA) is 83.7 Å². The fourth-order valence-corrected chi connectivity index (χ4v) is 4.79. The van der Waals surface area contributed by atoms with Gasteiger partial charge in [-0.25, -0.2) is 8.42 Å². The van der Waals surface area contributed by atoms with E-state index in [1.165, 1.54) is 11.2 Å². The molecule has 2 aliphatic heterocycles. The summed E-state index contributed by atoms with van der Waals surface area (Å²) in [5, 5.41) is 0. The molecule has 2 N–H and O–H groups in total. The van der Waals surface area contributed by atoms with Crippen LogP contribution in [0, 0.1) is 5.92 Å². The van der Waals surface area contributed by atoms with Crippen LogP contribution in [0.4, 0.5) is 5.69 Å². The van der Waals surface area contributed by atoms with Crippen LogP contribution in [0.15, 0.2) is 23.1 Å². The molecule has 23 heavy (non-hydrogen) atoms. The maximum absolute atomic E-state index is 12.7. The zero-order chi connectivity index (χ0) is 16.1. The Morgan fingerprint density at radius 2 is 2.00 bits per heavy atom. The molecule has 2 atom stereocenters. The number of sulfonamides is 1. The minimum atomic E-state index is -3.51. The highest BCUT2D eigenvalue weighted by Gasteiger charge is 2.36. The normalized spacial score (nSPS) is 24.4. The molecule has 8 heteroatoms. The van der Waals surface area contributed by atoms with Crippen molar-refractivity contribution in [1.29, 1.82) is 0 Å². The van der Waals surface area contributed by atoms with Crippen LogP contribution < -0.4 is 10.6 Å². The van der Waals surface area contributed by atoms with Crippen molar-refractivity contribution in [3.63, 3.8) is 0 Å². The summed E-state index contributed by atoms with van der Waals surface area (Å²) in [5.41, 5.74) is 7.66. The highest BCUT2D eigenvalue weighted by molar-refractivity contribution is 7.89. The maximum Gasteiger partial charge on any atom is 0.243 e. The summed E-state index contributed by atoms with van der Waals surface area (Å²) in [4.78, 5) is 13.5. The Morgan fingerprint density at radius 3 is 2.57 bits per heavy atom. The second kappa shape index (κ2) is 6.39. The molecule has 1 aromatic carbocycles. The fraction of sp³-hybridized carbons (Fsp3) is 0.533. The molecule has 1 amide bonds. The standard InChI is InChI=1S/C15H21N3O3S.ClH/c1-10-8-17(9-14(10)16)22(20,21)13-3-4-15-12(7-13)5-6-18(15)11(2)19;/h3-4,7,10,14H,5-6,8-9,16H2,1-2H3;1H. The molecule has 0 bridgehead atoms. The summed E-state index contributed by atoms with van der Waals surface area (Å²) in [5.74, 6) is 0.145. The zero-order valence-electron chi connectivity index (χ0n) is 13.2. The monoisotopic (exact) mass is 359 g/mol. The van der Waals surface area contributed by atoms with Crippen molar-refractivity contribution >= 4 is 34.0 Å². The van der Waals surface area contributed by atoms with E-state index in [0.29, 0.717) is 26.1 Å². The Kier molecular flexibility index (Phi) is 5.06. The molecule has 1 aromatic rings. The van der Waals surface area contributed by atoms with Crippen LogP contribution >= 0.6 is 12.4 Å². The van der Waals surface area contributed by atoms with Crippen LogP contribution in [0.5, 0.6) is 0 Å². The van der Waals surface area contributed by atoms with E-state index in [1.54, 1.807) is 23.1 Å². The number of hydrogen-bond acceptors (Lipinski definition) is 4. The first-order valence-electron chi connectivity index (χ1n) is 7.47. The first-order valence-corrected chi connectivity index (χ1v) is 8.91. The number of fused-ring (bicyclic) bond motifs is 1. The minimum Gasteiger partial charge on any atom is -0.326 e. The Labute approximate surface area is 143 Å². The molecule has 1 fully saturated rings. The first-order chi connectivity index (χ1) is 10.3. The van der Waals surface area contributed by atoms with Crippen molar-refractivity contribution in [3.8, 4) is 0 Å². The highest BCUT2D eigenvalue weighted by atomic mass is 35.5. The smallest absolute Gasteiger partial charge is 0.243 e. The van der Waals surface area contributed by atoms with E-state index >= 15 is 0 Å². The van der Waals surface area contributed by atoms with Gasteiger partial charge in [-0.15, -0.1) is 12.4 Å². The number of nitrogens with zero attached hydrogens (tertiary/aromatic N) is 2. The van der Waals surface area contributed by atoms with Gasteiger partial charge >= 0.3 is 0 Å². The minimum absolute atomic E-state index is 0. The predicted molar refractivity (Wildman–Crippen MR) is 91.3 cm³/mol. The van der Waals surface area contributed by atoms with Crippen molar-refractivity contribution in [2.45, 2.75) is 31.2 Å². The molecule has 0 spiro atoms. The molecule has 0 aromatic heterocycles. The van der Waals surface area contributed by atoms with Gasteiger partial charge in [0.2, 0.25) is 15.9 Å². The number of rotatable bonds is 2. The van der Waals surface area contributed by atoms with Gasteiger partial charge in [-0.2, -0.15) is 4.31 Å². The van der Waals surface area contributed by atoms with Crippen molar-refractivity contribution in [2.75, 3.05) is 24.5 Å². The predicted octanol–water partition coefficient (Wildman–Crippen LogP) is 0.985. The van der Waals surface area contributed by atoms with Crippen molar-refractivity contribution < 1.29 is 13.2 Å². The molecular weight excluding hydrogens is 338 g/mol. The highest BCUT2D eigenvalue weighted by Crippen LogP contribution is 2.32. The van der Waals surface area contributed by atoms with E-state index in [2.05, 4.69) is 0 Å². The third kappa shape index (κ3) is 3.10. The molecular formula is C15H22ClN3O3S. The van der Waals surface area contributed by atoms with Crippen LogP contribution in [0.25, 0.3) is 0 Å². The number of nitrogens with two attached hydrogens (primary N) is 1. The third-order valence-corrected chi connectivity index (χ3v) is 6.43. The molecule has 6 nitrogen and oxygen atoms in total. The molecule has 3 rings (SSSR count). The summed E-state index contributed by atoms with van der Waals surface area (Å²) >= 11 is 0. The van der Waals surface area contributed by atoms with Gasteiger partial charge in [-0.05, 0) is 36.1 Å². The SMILES string of the molecule is CC(=O)N1CCc2cc(S(=O)(=O)N3CC(C)C(N)C3)ccc21.Cl. The first kappa shape index (κ1) is 18.2. The lowest BCUT2D eigenvalue weighted by molar-refractivity contribution is -0.116. The van der Waals surface area contributed by atoms with E-state index in [0.717, 1.165) is 11.3 Å². The lowest BCUT2D eigenvalue weighted by Crippen LogP contribution is -2.32. The molecule has 0 saturated carbocycles. The summed E-state index contributed by atoms with van der Waals surface area (Å²) in [6.07, 6.45) is 0.689. The number of anilines is 1. The third-order valence-electron chi connectivity index (χ3n) is 4.60. The largest absolute Gasteiger partial charge is 0.326 e. The van der Waals surface area contributed by atoms with Gasteiger partial charge < -0.3 is 10.6 Å². The average Bonchev–Trinajstić information content (AvgIpc) is 3.02. The summed E-state index contributed by atoms with van der Waals surface area (Å²) in [7, 11) is -3.51. The van der Waals surface area contributed by atoms with Crippen molar-refractivity contribution in [1.82, 2.24) is 4.31 Å². The number of halogens is 1. The summed E-state index contributed by atoms with van der Waals surface area (Å²) < 4.78 is 26.9. The molecule has 128 valence electrons. The van der Waals surface area contributed by atoms with Crippen LogP contribution in [0.3, 0.4) is 0 Å². The second-order valence-electron chi connectivity index (χ2n) is 6.17. The van der Waals surface area contributed by atoms with Gasteiger partial charge in [-0.1, -0.05) is 6.92 Å². The Morgan fingerprint density at radius 1 is 1.30 bits per heavy atom.